The number of pyridine rings is 1. The van der Waals surface area contributed by atoms with Crippen LogP contribution in [0.4, 0.5) is 5.69 Å². The summed E-state index contributed by atoms with van der Waals surface area (Å²) in [5, 5.41) is 3.54. The lowest BCUT2D eigenvalue weighted by atomic mass is 9.96. The number of nitrogens with one attached hydrogen (secondary N) is 1. The van der Waals surface area contributed by atoms with Crippen LogP contribution in [0.5, 0.6) is 11.5 Å². The third-order valence-electron chi connectivity index (χ3n) is 5.97. The molecule has 8 nitrogen and oxygen atoms in total. The molecular weight excluding hydrogens is 434 g/mol. The van der Waals surface area contributed by atoms with Gasteiger partial charge in [-0.3, -0.25) is 9.78 Å². The molecule has 1 aliphatic heterocycles. The van der Waals surface area contributed by atoms with Gasteiger partial charge in [0.15, 0.2) is 6.10 Å². The Balaban J connectivity index is 1.62. The molecule has 1 amide bonds. The molecule has 1 atom stereocenters. The predicted molar refractivity (Wildman–Crippen MR) is 129 cm³/mol. The van der Waals surface area contributed by atoms with Crippen molar-refractivity contribution >= 4 is 28.5 Å². The Kier molecular flexibility index (Phi) is 6.98. The number of para-hydroxylation sites is 1. The van der Waals surface area contributed by atoms with E-state index in [-0.39, 0.29) is 0 Å². The van der Waals surface area contributed by atoms with Crippen molar-refractivity contribution in [1.29, 1.82) is 0 Å². The second-order valence-corrected chi connectivity index (χ2v) is 8.31. The molecule has 0 saturated heterocycles. The van der Waals surface area contributed by atoms with Crippen molar-refractivity contribution in [2.45, 2.75) is 32.4 Å². The van der Waals surface area contributed by atoms with E-state index in [1.807, 2.05) is 31.3 Å². The molecule has 2 heterocycles. The van der Waals surface area contributed by atoms with E-state index < -0.39 is 18.0 Å². The van der Waals surface area contributed by atoms with Crippen LogP contribution in [-0.2, 0) is 22.5 Å². The monoisotopic (exact) mass is 463 g/mol. The Bertz CT molecular complexity index is 1200. The van der Waals surface area contributed by atoms with Crippen molar-refractivity contribution in [2.24, 2.45) is 0 Å². The van der Waals surface area contributed by atoms with Crippen LogP contribution in [0.3, 0.4) is 0 Å². The number of benzene rings is 2. The summed E-state index contributed by atoms with van der Waals surface area (Å²) in [6, 6.07) is 12.6. The molecule has 0 fully saturated rings. The van der Waals surface area contributed by atoms with Gasteiger partial charge < -0.3 is 24.4 Å². The van der Waals surface area contributed by atoms with Gasteiger partial charge in [0.05, 0.1) is 25.3 Å². The van der Waals surface area contributed by atoms with Crippen LogP contribution in [0, 0.1) is 0 Å². The average molecular weight is 464 g/mol. The zero-order valence-corrected chi connectivity index (χ0v) is 19.9. The highest BCUT2D eigenvalue weighted by molar-refractivity contribution is 6.06. The summed E-state index contributed by atoms with van der Waals surface area (Å²) in [6.45, 7) is 3.28. The number of rotatable bonds is 7. The van der Waals surface area contributed by atoms with Gasteiger partial charge in [-0.05, 0) is 19.5 Å². The standard InChI is InChI=1S/C26H29N3O5/c1-5-23(25(30)27-16-12-17(32-3)14-18(13-16)33-4)34-26(31)24-19-8-6-7-9-21(19)28-22-10-11-29(2)15-20(22)24/h6-9,12-14,23H,5,10-11,15H2,1-4H3,(H,27,30). The largest absolute Gasteiger partial charge is 0.497 e. The van der Waals surface area contributed by atoms with E-state index >= 15 is 0 Å². The first-order chi connectivity index (χ1) is 16.4. The van der Waals surface area contributed by atoms with Crippen molar-refractivity contribution in [3.05, 3.63) is 59.3 Å². The quantitative estimate of drug-likeness (QED) is 0.533. The number of carbonyl (C=O) groups is 2. The molecule has 1 unspecified atom stereocenters. The Labute approximate surface area is 198 Å². The van der Waals surface area contributed by atoms with E-state index in [2.05, 4.69) is 10.2 Å². The second kappa shape index (κ2) is 10.1. The van der Waals surface area contributed by atoms with Gasteiger partial charge in [0.1, 0.15) is 11.5 Å². The number of anilines is 1. The molecule has 1 aromatic heterocycles. The Hall–Kier alpha value is -3.65. The van der Waals surface area contributed by atoms with Gasteiger partial charge in [-0.25, -0.2) is 4.79 Å². The zero-order chi connectivity index (χ0) is 24.2. The molecule has 0 radical (unpaired) electrons. The molecule has 3 aromatic rings. The second-order valence-electron chi connectivity index (χ2n) is 8.31. The molecule has 0 spiro atoms. The van der Waals surface area contributed by atoms with Crippen LogP contribution in [0.15, 0.2) is 42.5 Å². The maximum absolute atomic E-state index is 13.5. The number of carbonyl (C=O) groups excluding carboxylic acids is 2. The summed E-state index contributed by atoms with van der Waals surface area (Å²) >= 11 is 0. The van der Waals surface area contributed by atoms with Crippen molar-refractivity contribution in [3.8, 4) is 11.5 Å². The molecule has 0 saturated carbocycles. The topological polar surface area (TPSA) is 90.0 Å². The first kappa shape index (κ1) is 23.5. The molecule has 0 bridgehead atoms. The molecule has 2 aromatic carbocycles. The van der Waals surface area contributed by atoms with Crippen molar-refractivity contribution < 1.29 is 23.8 Å². The number of hydrogen-bond donors (Lipinski definition) is 1. The van der Waals surface area contributed by atoms with E-state index in [0.717, 1.165) is 35.1 Å². The van der Waals surface area contributed by atoms with Crippen LogP contribution >= 0.6 is 0 Å². The highest BCUT2D eigenvalue weighted by atomic mass is 16.5. The normalized spacial score (nSPS) is 14.2. The molecule has 178 valence electrons. The summed E-state index contributed by atoms with van der Waals surface area (Å²) in [6.07, 6.45) is 0.115. The molecule has 1 aliphatic rings. The fourth-order valence-corrected chi connectivity index (χ4v) is 4.17. The molecule has 4 rings (SSSR count). The van der Waals surface area contributed by atoms with Gasteiger partial charge in [0, 0.05) is 60.0 Å². The molecular formula is C26H29N3O5. The fraction of sp³-hybridized carbons (Fsp3) is 0.346. The SMILES string of the molecule is CCC(OC(=O)c1c2c(nc3ccccc13)CCN(C)C2)C(=O)Nc1cc(OC)cc(OC)c1. The zero-order valence-electron chi connectivity index (χ0n) is 19.9. The number of esters is 1. The Morgan fingerprint density at radius 1 is 1.12 bits per heavy atom. The number of nitrogens with zero attached hydrogens (tertiary/aromatic N) is 2. The number of methoxy groups -OCH3 is 2. The Morgan fingerprint density at radius 3 is 2.50 bits per heavy atom. The maximum Gasteiger partial charge on any atom is 0.340 e. The Morgan fingerprint density at radius 2 is 1.82 bits per heavy atom. The summed E-state index contributed by atoms with van der Waals surface area (Å²) < 4.78 is 16.3. The summed E-state index contributed by atoms with van der Waals surface area (Å²) in [4.78, 5) is 33.4. The van der Waals surface area contributed by atoms with Crippen molar-refractivity contribution in [3.63, 3.8) is 0 Å². The van der Waals surface area contributed by atoms with Crippen LogP contribution in [0.1, 0.15) is 35.0 Å². The first-order valence-corrected chi connectivity index (χ1v) is 11.3. The van der Waals surface area contributed by atoms with Gasteiger partial charge in [-0.2, -0.15) is 0 Å². The molecule has 34 heavy (non-hydrogen) atoms. The van der Waals surface area contributed by atoms with E-state index in [4.69, 9.17) is 19.2 Å². The summed E-state index contributed by atoms with van der Waals surface area (Å²) in [5.41, 5.74) is 3.50. The smallest absolute Gasteiger partial charge is 0.340 e. The van der Waals surface area contributed by atoms with E-state index in [0.29, 0.717) is 35.7 Å². The third-order valence-corrected chi connectivity index (χ3v) is 5.97. The summed E-state index contributed by atoms with van der Waals surface area (Å²) in [5.74, 6) is 0.142. The van der Waals surface area contributed by atoms with Gasteiger partial charge in [-0.1, -0.05) is 25.1 Å². The van der Waals surface area contributed by atoms with Gasteiger partial charge in [-0.15, -0.1) is 0 Å². The number of amides is 1. The number of aromatic nitrogens is 1. The van der Waals surface area contributed by atoms with E-state index in [9.17, 15) is 9.59 Å². The molecule has 0 aliphatic carbocycles. The minimum atomic E-state index is -0.964. The van der Waals surface area contributed by atoms with Crippen LogP contribution < -0.4 is 14.8 Å². The number of likely N-dealkylation sites (N-methyl/N-ethyl adjacent to an activating group) is 1. The van der Waals surface area contributed by atoms with Gasteiger partial charge in [0.2, 0.25) is 0 Å². The average Bonchev–Trinajstić information content (AvgIpc) is 2.85. The fourth-order valence-electron chi connectivity index (χ4n) is 4.17. The number of ether oxygens (including phenoxy) is 3. The van der Waals surface area contributed by atoms with Crippen molar-refractivity contribution in [1.82, 2.24) is 9.88 Å². The van der Waals surface area contributed by atoms with Crippen LogP contribution in [0.25, 0.3) is 10.9 Å². The first-order valence-electron chi connectivity index (χ1n) is 11.3. The lowest BCUT2D eigenvalue weighted by molar-refractivity contribution is -0.124. The lowest BCUT2D eigenvalue weighted by Gasteiger charge is -2.27. The van der Waals surface area contributed by atoms with Crippen molar-refractivity contribution in [2.75, 3.05) is 33.1 Å². The molecule has 1 N–H and O–H groups in total. The van der Waals surface area contributed by atoms with Gasteiger partial charge in [0.25, 0.3) is 5.91 Å². The van der Waals surface area contributed by atoms with E-state index in [1.54, 1.807) is 25.1 Å². The summed E-state index contributed by atoms with van der Waals surface area (Å²) in [7, 11) is 5.08. The maximum atomic E-state index is 13.5. The minimum Gasteiger partial charge on any atom is -0.497 e. The number of fused-ring (bicyclic) bond motifs is 2. The number of hydrogen-bond acceptors (Lipinski definition) is 7. The van der Waals surface area contributed by atoms with Gasteiger partial charge >= 0.3 is 5.97 Å². The van der Waals surface area contributed by atoms with Crippen LogP contribution in [0.2, 0.25) is 0 Å². The lowest BCUT2D eigenvalue weighted by Crippen LogP contribution is -2.34. The highest BCUT2D eigenvalue weighted by Gasteiger charge is 2.29. The van der Waals surface area contributed by atoms with E-state index in [1.165, 1.54) is 14.2 Å². The minimum absolute atomic E-state index is 0.323. The third kappa shape index (κ3) is 4.82. The highest BCUT2D eigenvalue weighted by Crippen LogP contribution is 2.29. The predicted octanol–water partition coefficient (Wildman–Crippen LogP) is 3.81. The van der Waals surface area contributed by atoms with Crippen LogP contribution in [-0.4, -0.2) is 55.7 Å². The molecule has 8 heteroatoms.